The van der Waals surface area contributed by atoms with Crippen LogP contribution in [0.15, 0.2) is 0 Å². The molecule has 0 aromatic heterocycles. The molecule has 98 valence electrons. The van der Waals surface area contributed by atoms with E-state index in [9.17, 15) is 9.59 Å². The molecule has 6 heteroatoms. The Morgan fingerprint density at radius 3 is 2.71 bits per heavy atom. The molecule has 1 N–H and O–H groups in total. The van der Waals surface area contributed by atoms with Gasteiger partial charge in [0.25, 0.3) is 0 Å². The van der Waals surface area contributed by atoms with E-state index in [-0.39, 0.29) is 24.3 Å². The van der Waals surface area contributed by atoms with E-state index in [2.05, 4.69) is 5.32 Å². The van der Waals surface area contributed by atoms with Crippen LogP contribution >= 0.6 is 11.6 Å². The molecule has 0 bridgehead atoms. The molecule has 0 spiro atoms. The second-order valence-electron chi connectivity index (χ2n) is 4.72. The van der Waals surface area contributed by atoms with Crippen molar-refractivity contribution >= 4 is 23.4 Å². The van der Waals surface area contributed by atoms with Crippen LogP contribution in [0.2, 0.25) is 0 Å². The number of likely N-dealkylation sites (N-methyl/N-ethyl adjacent to an activating group) is 1. The zero-order valence-electron chi connectivity index (χ0n) is 10.5. The van der Waals surface area contributed by atoms with E-state index < -0.39 is 11.5 Å². The third-order valence-corrected chi connectivity index (χ3v) is 3.52. The molecule has 0 saturated carbocycles. The van der Waals surface area contributed by atoms with Gasteiger partial charge >= 0.3 is 0 Å². The van der Waals surface area contributed by atoms with Crippen LogP contribution in [0.4, 0.5) is 0 Å². The van der Waals surface area contributed by atoms with Gasteiger partial charge in [-0.3, -0.25) is 9.59 Å². The van der Waals surface area contributed by atoms with Crippen LogP contribution in [0, 0.1) is 5.41 Å². The molecule has 2 amide bonds. The lowest BCUT2D eigenvalue weighted by atomic mass is 9.93. The Morgan fingerprint density at radius 1 is 1.53 bits per heavy atom. The highest BCUT2D eigenvalue weighted by atomic mass is 35.5. The Morgan fingerprint density at radius 2 is 2.18 bits per heavy atom. The first kappa shape index (κ1) is 14.3. The van der Waals surface area contributed by atoms with E-state index >= 15 is 0 Å². The van der Waals surface area contributed by atoms with Gasteiger partial charge < -0.3 is 15.0 Å². The first-order valence-electron chi connectivity index (χ1n) is 5.60. The number of rotatable bonds is 3. The quantitative estimate of drug-likeness (QED) is 0.741. The van der Waals surface area contributed by atoms with E-state index in [4.69, 9.17) is 16.3 Å². The molecule has 1 aliphatic heterocycles. The van der Waals surface area contributed by atoms with Crippen molar-refractivity contribution in [3.8, 4) is 0 Å². The van der Waals surface area contributed by atoms with Gasteiger partial charge in [-0.1, -0.05) is 0 Å². The molecule has 0 radical (unpaired) electrons. The summed E-state index contributed by atoms with van der Waals surface area (Å²) >= 11 is 5.79. The fraction of sp³-hybridized carbons (Fsp3) is 0.818. The summed E-state index contributed by atoms with van der Waals surface area (Å²) in [5, 5.41) is 2.54. The van der Waals surface area contributed by atoms with Crippen LogP contribution < -0.4 is 5.32 Å². The van der Waals surface area contributed by atoms with Crippen molar-refractivity contribution in [1.82, 2.24) is 10.2 Å². The minimum atomic E-state index is -0.662. The van der Waals surface area contributed by atoms with E-state index in [0.29, 0.717) is 13.2 Å². The lowest BCUT2D eigenvalue weighted by molar-refractivity contribution is -0.154. The molecule has 1 atom stereocenters. The molecule has 1 unspecified atom stereocenters. The van der Waals surface area contributed by atoms with Gasteiger partial charge in [0.2, 0.25) is 11.8 Å². The minimum Gasteiger partial charge on any atom is -0.377 e. The number of nitrogens with zero attached hydrogens (tertiary/aromatic N) is 1. The number of alkyl halides is 1. The van der Waals surface area contributed by atoms with Gasteiger partial charge in [0.05, 0.1) is 18.6 Å². The molecular formula is C11H19ClN2O3. The van der Waals surface area contributed by atoms with E-state index in [1.54, 1.807) is 25.8 Å². The van der Waals surface area contributed by atoms with Crippen LogP contribution in [-0.2, 0) is 14.3 Å². The van der Waals surface area contributed by atoms with Crippen molar-refractivity contribution in [3.63, 3.8) is 0 Å². The van der Waals surface area contributed by atoms with Gasteiger partial charge in [0.15, 0.2) is 0 Å². The highest BCUT2D eigenvalue weighted by Crippen LogP contribution is 2.23. The second-order valence-corrected chi connectivity index (χ2v) is 4.99. The third-order valence-electron chi connectivity index (χ3n) is 2.85. The first-order valence-corrected chi connectivity index (χ1v) is 6.14. The summed E-state index contributed by atoms with van der Waals surface area (Å²) in [6.07, 6.45) is 0. The predicted molar refractivity (Wildman–Crippen MR) is 64.9 cm³/mol. The highest BCUT2D eigenvalue weighted by Gasteiger charge is 2.38. The maximum absolute atomic E-state index is 12.3. The number of amides is 2. The Labute approximate surface area is 106 Å². The van der Waals surface area contributed by atoms with Gasteiger partial charge in [-0.25, -0.2) is 0 Å². The number of hydrogen-bond donors (Lipinski definition) is 1. The SMILES string of the molecule is CNC(=O)C1COCCN1C(=O)C(C)(C)CCl. The molecular weight excluding hydrogens is 244 g/mol. The molecule has 1 heterocycles. The Bertz CT molecular complexity index is 307. The van der Waals surface area contributed by atoms with E-state index in [1.165, 1.54) is 0 Å². The third kappa shape index (κ3) is 3.10. The number of hydrogen-bond acceptors (Lipinski definition) is 3. The maximum atomic E-state index is 12.3. The molecule has 0 aromatic carbocycles. The van der Waals surface area contributed by atoms with Gasteiger partial charge in [0.1, 0.15) is 6.04 Å². The summed E-state index contributed by atoms with van der Waals surface area (Å²) in [6, 6.07) is -0.552. The van der Waals surface area contributed by atoms with Crippen LogP contribution in [0.1, 0.15) is 13.8 Å². The molecule has 17 heavy (non-hydrogen) atoms. The van der Waals surface area contributed by atoms with Crippen LogP contribution in [0.5, 0.6) is 0 Å². The van der Waals surface area contributed by atoms with Crippen molar-refractivity contribution in [2.45, 2.75) is 19.9 Å². The predicted octanol–water partition coefficient (Wildman–Crippen LogP) is 0.225. The molecule has 1 saturated heterocycles. The number of morpholine rings is 1. The van der Waals surface area contributed by atoms with Gasteiger partial charge in [-0.15, -0.1) is 11.6 Å². The summed E-state index contributed by atoms with van der Waals surface area (Å²) in [7, 11) is 1.55. The van der Waals surface area contributed by atoms with Crippen molar-refractivity contribution in [3.05, 3.63) is 0 Å². The summed E-state index contributed by atoms with van der Waals surface area (Å²) in [5.74, 6) is -0.0864. The lowest BCUT2D eigenvalue weighted by Crippen LogP contribution is -2.58. The monoisotopic (exact) mass is 262 g/mol. The second kappa shape index (κ2) is 5.69. The number of carbonyl (C=O) groups excluding carboxylic acids is 2. The molecule has 5 nitrogen and oxygen atoms in total. The fourth-order valence-electron chi connectivity index (χ4n) is 1.68. The number of carbonyl (C=O) groups is 2. The number of ether oxygens (including phenoxy) is 1. The lowest BCUT2D eigenvalue weighted by Gasteiger charge is -2.38. The summed E-state index contributed by atoms with van der Waals surface area (Å²) in [6.45, 7) is 4.68. The van der Waals surface area contributed by atoms with Crippen LogP contribution in [0.3, 0.4) is 0 Å². The zero-order valence-corrected chi connectivity index (χ0v) is 11.2. The number of halogens is 1. The van der Waals surface area contributed by atoms with E-state index in [0.717, 1.165) is 0 Å². The molecule has 1 fully saturated rings. The van der Waals surface area contributed by atoms with Gasteiger partial charge in [0, 0.05) is 19.5 Å². The standard InChI is InChI=1S/C11H19ClN2O3/c1-11(2,7-12)10(16)14-4-5-17-6-8(14)9(15)13-3/h8H,4-7H2,1-3H3,(H,13,15). The Hall–Kier alpha value is -0.810. The topological polar surface area (TPSA) is 58.6 Å². The van der Waals surface area contributed by atoms with Crippen LogP contribution in [-0.4, -0.2) is 55.4 Å². The Kier molecular flexibility index (Phi) is 4.77. The first-order chi connectivity index (χ1) is 7.94. The zero-order chi connectivity index (χ0) is 13.1. The van der Waals surface area contributed by atoms with Gasteiger partial charge in [-0.05, 0) is 13.8 Å². The minimum absolute atomic E-state index is 0.107. The average molecular weight is 263 g/mol. The summed E-state index contributed by atoms with van der Waals surface area (Å²) in [5.41, 5.74) is -0.662. The van der Waals surface area contributed by atoms with E-state index in [1.807, 2.05) is 0 Å². The van der Waals surface area contributed by atoms with Crippen LogP contribution in [0.25, 0.3) is 0 Å². The largest absolute Gasteiger partial charge is 0.377 e. The van der Waals surface area contributed by atoms with Gasteiger partial charge in [-0.2, -0.15) is 0 Å². The average Bonchev–Trinajstić information content (AvgIpc) is 2.36. The smallest absolute Gasteiger partial charge is 0.244 e. The van der Waals surface area contributed by atoms with Crippen molar-refractivity contribution < 1.29 is 14.3 Å². The van der Waals surface area contributed by atoms with Crippen molar-refractivity contribution in [1.29, 1.82) is 0 Å². The summed E-state index contributed by atoms with van der Waals surface area (Å²) < 4.78 is 5.24. The molecule has 0 aliphatic carbocycles. The normalized spacial score (nSPS) is 21.2. The Balaban J connectivity index is 2.85. The van der Waals surface area contributed by atoms with Crippen molar-refractivity contribution in [2.24, 2.45) is 5.41 Å². The molecule has 0 aromatic rings. The summed E-state index contributed by atoms with van der Waals surface area (Å²) in [4.78, 5) is 25.5. The maximum Gasteiger partial charge on any atom is 0.244 e. The molecule has 1 rings (SSSR count). The van der Waals surface area contributed by atoms with Crippen molar-refractivity contribution in [2.75, 3.05) is 32.7 Å². The highest BCUT2D eigenvalue weighted by molar-refractivity contribution is 6.19. The molecule has 1 aliphatic rings. The fourth-order valence-corrected chi connectivity index (χ4v) is 1.79. The number of nitrogens with one attached hydrogen (secondary N) is 1.